The van der Waals surface area contributed by atoms with Crippen LogP contribution in [0.4, 0.5) is 0 Å². The number of hydrogen-bond donors (Lipinski definition) is 1. The molecule has 0 spiro atoms. The molecule has 1 unspecified atom stereocenters. The van der Waals surface area contributed by atoms with Gasteiger partial charge in [-0.05, 0) is 39.2 Å². The molecule has 5 nitrogen and oxygen atoms in total. The van der Waals surface area contributed by atoms with Gasteiger partial charge in [-0.15, -0.1) is 0 Å². The summed E-state index contributed by atoms with van der Waals surface area (Å²) in [5.41, 5.74) is 0. The van der Waals surface area contributed by atoms with Crippen molar-refractivity contribution in [2.75, 3.05) is 13.1 Å². The zero-order chi connectivity index (χ0) is 13.1. The predicted molar refractivity (Wildman–Crippen MR) is 74.8 cm³/mol. The Hall–Kier alpha value is -0.940. The lowest BCUT2D eigenvalue weighted by Gasteiger charge is -2.30. The topological polar surface area (TPSA) is 46.0 Å². The first-order chi connectivity index (χ1) is 9.36. The molecule has 19 heavy (non-hydrogen) atoms. The van der Waals surface area contributed by atoms with E-state index in [9.17, 15) is 0 Å². The highest BCUT2D eigenvalue weighted by molar-refractivity contribution is 4.93. The predicted octanol–water partition coefficient (Wildman–Crippen LogP) is 1.40. The maximum Gasteiger partial charge on any atom is 0.141 e. The van der Waals surface area contributed by atoms with Gasteiger partial charge in [0.25, 0.3) is 0 Å². The molecule has 0 radical (unpaired) electrons. The number of nitrogens with one attached hydrogen (secondary N) is 1. The number of aromatic nitrogens is 3. The fourth-order valence-corrected chi connectivity index (χ4v) is 3.00. The Morgan fingerprint density at radius 2 is 2.26 bits per heavy atom. The first-order valence-corrected chi connectivity index (χ1v) is 7.71. The van der Waals surface area contributed by atoms with Crippen LogP contribution < -0.4 is 5.32 Å². The molecule has 106 valence electrons. The van der Waals surface area contributed by atoms with Crippen LogP contribution in [0.5, 0.6) is 0 Å². The van der Waals surface area contributed by atoms with Crippen LogP contribution >= 0.6 is 0 Å². The fraction of sp³-hybridized carbons (Fsp3) is 0.857. The SMILES string of the molecule is CCn1ncnc1CN(CC1CCCCN1)C1CC1. The van der Waals surface area contributed by atoms with Crippen LogP contribution in [0.3, 0.4) is 0 Å². The van der Waals surface area contributed by atoms with Gasteiger partial charge in [0, 0.05) is 25.2 Å². The van der Waals surface area contributed by atoms with Crippen molar-refractivity contribution in [1.82, 2.24) is 25.0 Å². The van der Waals surface area contributed by atoms with Gasteiger partial charge in [-0.3, -0.25) is 4.90 Å². The summed E-state index contributed by atoms with van der Waals surface area (Å²) in [6, 6.07) is 1.46. The van der Waals surface area contributed by atoms with Gasteiger partial charge in [-0.25, -0.2) is 9.67 Å². The highest BCUT2D eigenvalue weighted by Crippen LogP contribution is 2.28. The Morgan fingerprint density at radius 1 is 1.37 bits per heavy atom. The van der Waals surface area contributed by atoms with Crippen LogP contribution in [0, 0.1) is 0 Å². The summed E-state index contributed by atoms with van der Waals surface area (Å²) >= 11 is 0. The van der Waals surface area contributed by atoms with Crippen LogP contribution in [0.15, 0.2) is 6.33 Å². The highest BCUT2D eigenvalue weighted by atomic mass is 15.4. The van der Waals surface area contributed by atoms with E-state index in [2.05, 4.69) is 27.2 Å². The molecule has 3 rings (SSSR count). The first-order valence-electron chi connectivity index (χ1n) is 7.71. The Balaban J connectivity index is 1.60. The molecule has 0 amide bonds. The zero-order valence-electron chi connectivity index (χ0n) is 11.9. The minimum absolute atomic E-state index is 0.673. The lowest BCUT2D eigenvalue weighted by Crippen LogP contribution is -2.44. The van der Waals surface area contributed by atoms with E-state index in [-0.39, 0.29) is 0 Å². The monoisotopic (exact) mass is 263 g/mol. The molecule has 1 saturated heterocycles. The number of hydrogen-bond acceptors (Lipinski definition) is 4. The summed E-state index contributed by atoms with van der Waals surface area (Å²) in [5.74, 6) is 1.12. The first kappa shape index (κ1) is 13.1. The van der Waals surface area contributed by atoms with Crippen molar-refractivity contribution in [3.8, 4) is 0 Å². The van der Waals surface area contributed by atoms with Gasteiger partial charge in [0.2, 0.25) is 0 Å². The third-order valence-corrected chi connectivity index (χ3v) is 4.27. The van der Waals surface area contributed by atoms with E-state index < -0.39 is 0 Å². The summed E-state index contributed by atoms with van der Waals surface area (Å²) in [6.45, 7) is 6.35. The summed E-state index contributed by atoms with van der Waals surface area (Å²) < 4.78 is 2.02. The van der Waals surface area contributed by atoms with Crippen molar-refractivity contribution >= 4 is 0 Å². The van der Waals surface area contributed by atoms with Crippen molar-refractivity contribution in [1.29, 1.82) is 0 Å². The minimum Gasteiger partial charge on any atom is -0.313 e. The summed E-state index contributed by atoms with van der Waals surface area (Å²) in [5, 5.41) is 7.93. The van der Waals surface area contributed by atoms with Crippen LogP contribution in [0.2, 0.25) is 0 Å². The van der Waals surface area contributed by atoms with Crippen molar-refractivity contribution in [3.05, 3.63) is 12.2 Å². The van der Waals surface area contributed by atoms with Gasteiger partial charge in [-0.2, -0.15) is 5.10 Å². The molecule has 0 aromatic carbocycles. The van der Waals surface area contributed by atoms with E-state index >= 15 is 0 Å². The van der Waals surface area contributed by atoms with Crippen molar-refractivity contribution in [2.45, 2.75) is 64.2 Å². The number of piperidine rings is 1. The highest BCUT2D eigenvalue weighted by Gasteiger charge is 2.31. The van der Waals surface area contributed by atoms with Crippen molar-refractivity contribution in [3.63, 3.8) is 0 Å². The fourth-order valence-electron chi connectivity index (χ4n) is 3.00. The number of aryl methyl sites for hydroxylation is 1. The molecule has 1 aromatic rings. The van der Waals surface area contributed by atoms with Gasteiger partial charge >= 0.3 is 0 Å². The van der Waals surface area contributed by atoms with Crippen LogP contribution in [-0.4, -0.2) is 44.8 Å². The average Bonchev–Trinajstić information content (AvgIpc) is 3.20. The quantitative estimate of drug-likeness (QED) is 0.843. The van der Waals surface area contributed by atoms with E-state index in [1.54, 1.807) is 6.33 Å². The van der Waals surface area contributed by atoms with Gasteiger partial charge in [0.05, 0.1) is 6.54 Å². The molecule has 5 heteroatoms. The Morgan fingerprint density at radius 3 is 2.95 bits per heavy atom. The third-order valence-electron chi connectivity index (χ3n) is 4.27. The lowest BCUT2D eigenvalue weighted by molar-refractivity contribution is 0.201. The maximum atomic E-state index is 4.42. The summed E-state index contributed by atoms with van der Waals surface area (Å²) in [7, 11) is 0. The molecule has 0 bridgehead atoms. The van der Waals surface area contributed by atoms with E-state index in [0.29, 0.717) is 6.04 Å². The molecule has 1 aliphatic heterocycles. The van der Waals surface area contributed by atoms with Gasteiger partial charge < -0.3 is 5.32 Å². The second-order valence-electron chi connectivity index (χ2n) is 5.80. The summed E-state index contributed by atoms with van der Waals surface area (Å²) in [6.07, 6.45) is 8.43. The molecule has 1 N–H and O–H groups in total. The van der Waals surface area contributed by atoms with Gasteiger partial charge in [0.15, 0.2) is 0 Å². The number of rotatable bonds is 6. The molecule has 1 aromatic heterocycles. The maximum absolute atomic E-state index is 4.42. The minimum atomic E-state index is 0.673. The Kier molecular flexibility index (Phi) is 4.13. The molecular formula is C14H25N5. The Labute approximate surface area is 115 Å². The van der Waals surface area contributed by atoms with E-state index in [4.69, 9.17) is 0 Å². The largest absolute Gasteiger partial charge is 0.313 e. The van der Waals surface area contributed by atoms with E-state index in [1.807, 2.05) is 4.68 Å². The number of nitrogens with zero attached hydrogens (tertiary/aromatic N) is 4. The molecule has 2 heterocycles. The normalized spacial score (nSPS) is 24.0. The van der Waals surface area contributed by atoms with E-state index in [0.717, 1.165) is 25.0 Å². The third kappa shape index (κ3) is 3.34. The van der Waals surface area contributed by atoms with Gasteiger partial charge in [0.1, 0.15) is 12.2 Å². The van der Waals surface area contributed by atoms with Crippen molar-refractivity contribution in [2.24, 2.45) is 0 Å². The molecule has 1 saturated carbocycles. The van der Waals surface area contributed by atoms with Crippen LogP contribution in [0.1, 0.15) is 44.9 Å². The lowest BCUT2D eigenvalue weighted by atomic mass is 10.0. The zero-order valence-corrected chi connectivity index (χ0v) is 11.9. The smallest absolute Gasteiger partial charge is 0.141 e. The second-order valence-corrected chi connectivity index (χ2v) is 5.80. The molecule has 2 aliphatic rings. The van der Waals surface area contributed by atoms with Crippen LogP contribution in [-0.2, 0) is 13.1 Å². The molecular weight excluding hydrogens is 238 g/mol. The Bertz CT molecular complexity index is 392. The second kappa shape index (κ2) is 6.01. The standard InChI is InChI=1S/C14H25N5/c1-2-19-14(16-11-17-19)10-18(13-6-7-13)9-12-5-3-4-8-15-12/h11-13,15H,2-10H2,1H3. The molecule has 1 aliphatic carbocycles. The molecule has 1 atom stereocenters. The van der Waals surface area contributed by atoms with Crippen LogP contribution in [0.25, 0.3) is 0 Å². The van der Waals surface area contributed by atoms with Crippen molar-refractivity contribution < 1.29 is 0 Å². The summed E-state index contributed by atoms with van der Waals surface area (Å²) in [4.78, 5) is 7.03. The average molecular weight is 263 g/mol. The van der Waals surface area contributed by atoms with Gasteiger partial charge in [-0.1, -0.05) is 6.42 Å². The van der Waals surface area contributed by atoms with E-state index in [1.165, 1.54) is 45.2 Å². The molecule has 2 fully saturated rings.